The van der Waals surface area contributed by atoms with Crippen LogP contribution in [0.5, 0.6) is 0 Å². The molecule has 84 valence electrons. The van der Waals surface area contributed by atoms with Crippen molar-refractivity contribution in [3.63, 3.8) is 0 Å². The molecule has 0 fully saturated rings. The molecule has 0 aliphatic heterocycles. The average Bonchev–Trinajstić information content (AvgIpc) is 2.40. The zero-order valence-corrected chi connectivity index (χ0v) is 9.54. The predicted molar refractivity (Wildman–Crippen MR) is 65.3 cm³/mol. The van der Waals surface area contributed by atoms with Crippen molar-refractivity contribution in [3.05, 3.63) is 54.1 Å². The van der Waals surface area contributed by atoms with Crippen molar-refractivity contribution >= 4 is 5.69 Å². The zero-order chi connectivity index (χ0) is 12.1. The van der Waals surface area contributed by atoms with Gasteiger partial charge in [0.05, 0.1) is 5.69 Å². The highest BCUT2D eigenvalue weighted by Gasteiger charge is 2.07. The molecule has 0 saturated carbocycles. The predicted octanol–water partition coefficient (Wildman–Crippen LogP) is 1.98. The molecule has 2 rings (SSSR count). The van der Waals surface area contributed by atoms with Crippen molar-refractivity contribution in [3.8, 4) is 6.07 Å². The van der Waals surface area contributed by atoms with Crippen LogP contribution in [0.15, 0.2) is 42.9 Å². The molecule has 0 bridgehead atoms. The molecule has 17 heavy (non-hydrogen) atoms. The summed E-state index contributed by atoms with van der Waals surface area (Å²) in [7, 11) is 1.94. The lowest BCUT2D eigenvalue weighted by atomic mass is 10.2. The average molecular weight is 224 g/mol. The summed E-state index contributed by atoms with van der Waals surface area (Å²) in [6, 6.07) is 9.72. The standard InChI is InChI=1S/C13H12N4/c1-17(10-11-4-2-6-15-9-11)13-5-3-7-16-12(13)8-14/h2-7,9H,10H2,1H3. The number of rotatable bonds is 3. The molecule has 2 heterocycles. The Morgan fingerprint density at radius 2 is 2.12 bits per heavy atom. The fourth-order valence-corrected chi connectivity index (χ4v) is 1.64. The fraction of sp³-hybridized carbons (Fsp3) is 0.154. The minimum Gasteiger partial charge on any atom is -0.368 e. The van der Waals surface area contributed by atoms with E-state index in [1.807, 2.05) is 42.4 Å². The van der Waals surface area contributed by atoms with Crippen LogP contribution in [0.3, 0.4) is 0 Å². The van der Waals surface area contributed by atoms with Crippen LogP contribution < -0.4 is 4.90 Å². The van der Waals surface area contributed by atoms with Gasteiger partial charge in [-0.3, -0.25) is 4.98 Å². The molecule has 0 spiro atoms. The van der Waals surface area contributed by atoms with Gasteiger partial charge in [0, 0.05) is 32.2 Å². The van der Waals surface area contributed by atoms with Gasteiger partial charge in [-0.05, 0) is 23.8 Å². The summed E-state index contributed by atoms with van der Waals surface area (Å²) >= 11 is 0. The summed E-state index contributed by atoms with van der Waals surface area (Å²) in [5, 5.41) is 8.98. The Labute approximate surface area is 100 Å². The molecular weight excluding hydrogens is 212 g/mol. The number of hydrogen-bond acceptors (Lipinski definition) is 4. The van der Waals surface area contributed by atoms with E-state index >= 15 is 0 Å². The second-order valence-corrected chi connectivity index (χ2v) is 3.70. The maximum Gasteiger partial charge on any atom is 0.163 e. The van der Waals surface area contributed by atoms with E-state index < -0.39 is 0 Å². The SMILES string of the molecule is CN(Cc1cccnc1)c1cccnc1C#N. The zero-order valence-electron chi connectivity index (χ0n) is 9.54. The number of nitriles is 1. The van der Waals surface area contributed by atoms with Crippen molar-refractivity contribution in [1.82, 2.24) is 9.97 Å². The smallest absolute Gasteiger partial charge is 0.163 e. The van der Waals surface area contributed by atoms with Crippen LogP contribution in [-0.2, 0) is 6.54 Å². The van der Waals surface area contributed by atoms with Gasteiger partial charge in [0.25, 0.3) is 0 Å². The number of nitrogens with zero attached hydrogens (tertiary/aromatic N) is 4. The molecule has 0 N–H and O–H groups in total. The Balaban J connectivity index is 2.21. The van der Waals surface area contributed by atoms with Crippen molar-refractivity contribution in [2.75, 3.05) is 11.9 Å². The molecule has 0 aromatic carbocycles. The second kappa shape index (κ2) is 5.08. The van der Waals surface area contributed by atoms with Crippen LogP contribution in [-0.4, -0.2) is 17.0 Å². The first kappa shape index (κ1) is 11.1. The van der Waals surface area contributed by atoms with Gasteiger partial charge in [-0.25, -0.2) is 4.98 Å². The molecule has 0 atom stereocenters. The molecule has 0 amide bonds. The highest BCUT2D eigenvalue weighted by Crippen LogP contribution is 2.17. The van der Waals surface area contributed by atoms with Crippen molar-refractivity contribution < 1.29 is 0 Å². The van der Waals surface area contributed by atoms with Gasteiger partial charge in [-0.15, -0.1) is 0 Å². The van der Waals surface area contributed by atoms with Crippen LogP contribution in [0.2, 0.25) is 0 Å². The molecule has 2 aromatic rings. The quantitative estimate of drug-likeness (QED) is 0.800. The molecule has 0 unspecified atom stereocenters. The van der Waals surface area contributed by atoms with Gasteiger partial charge in [0.15, 0.2) is 5.69 Å². The summed E-state index contributed by atoms with van der Waals surface area (Å²) < 4.78 is 0. The number of hydrogen-bond donors (Lipinski definition) is 0. The fourth-order valence-electron chi connectivity index (χ4n) is 1.64. The van der Waals surface area contributed by atoms with Gasteiger partial charge >= 0.3 is 0 Å². The lowest BCUT2D eigenvalue weighted by Crippen LogP contribution is -2.18. The third-order valence-electron chi connectivity index (χ3n) is 2.45. The first-order valence-electron chi connectivity index (χ1n) is 5.26. The summed E-state index contributed by atoms with van der Waals surface area (Å²) in [6.07, 6.45) is 5.19. The van der Waals surface area contributed by atoms with E-state index in [0.717, 1.165) is 11.3 Å². The Hall–Kier alpha value is -2.41. The summed E-state index contributed by atoms with van der Waals surface area (Å²) in [5.41, 5.74) is 2.38. The first-order valence-corrected chi connectivity index (χ1v) is 5.26. The summed E-state index contributed by atoms with van der Waals surface area (Å²) in [4.78, 5) is 10.1. The van der Waals surface area contributed by atoms with Gasteiger partial charge in [-0.1, -0.05) is 6.07 Å². The van der Waals surface area contributed by atoms with Gasteiger partial charge < -0.3 is 4.90 Å². The summed E-state index contributed by atoms with van der Waals surface area (Å²) in [5.74, 6) is 0. The largest absolute Gasteiger partial charge is 0.368 e. The van der Waals surface area contributed by atoms with Gasteiger partial charge in [0.1, 0.15) is 6.07 Å². The van der Waals surface area contributed by atoms with Crippen molar-refractivity contribution in [2.45, 2.75) is 6.54 Å². The van der Waals surface area contributed by atoms with Crippen molar-refractivity contribution in [2.24, 2.45) is 0 Å². The maximum absolute atomic E-state index is 8.98. The highest BCUT2D eigenvalue weighted by atomic mass is 15.1. The molecule has 4 nitrogen and oxygen atoms in total. The summed E-state index contributed by atoms with van der Waals surface area (Å²) in [6.45, 7) is 0.703. The third kappa shape index (κ3) is 2.58. The lowest BCUT2D eigenvalue weighted by Gasteiger charge is -2.19. The molecular formula is C13H12N4. The maximum atomic E-state index is 8.98. The van der Waals surface area contributed by atoms with E-state index in [1.54, 1.807) is 12.4 Å². The van der Waals surface area contributed by atoms with E-state index in [-0.39, 0.29) is 0 Å². The molecule has 0 saturated heterocycles. The van der Waals surface area contributed by atoms with Crippen LogP contribution in [0.25, 0.3) is 0 Å². The molecule has 0 aliphatic carbocycles. The minimum atomic E-state index is 0.443. The van der Waals surface area contributed by atoms with Crippen LogP contribution in [0.4, 0.5) is 5.69 Å². The highest BCUT2D eigenvalue weighted by molar-refractivity contribution is 5.55. The van der Waals surface area contributed by atoms with E-state index in [2.05, 4.69) is 16.0 Å². The van der Waals surface area contributed by atoms with Crippen LogP contribution >= 0.6 is 0 Å². The minimum absolute atomic E-state index is 0.443. The molecule has 2 aromatic heterocycles. The first-order chi connectivity index (χ1) is 8.31. The van der Waals surface area contributed by atoms with E-state index in [4.69, 9.17) is 5.26 Å². The number of anilines is 1. The normalized spacial score (nSPS) is 9.65. The Bertz CT molecular complexity index is 531. The van der Waals surface area contributed by atoms with E-state index in [9.17, 15) is 0 Å². The van der Waals surface area contributed by atoms with Gasteiger partial charge in [-0.2, -0.15) is 5.26 Å². The monoisotopic (exact) mass is 224 g/mol. The molecule has 0 radical (unpaired) electrons. The van der Waals surface area contributed by atoms with E-state index in [0.29, 0.717) is 12.2 Å². The Morgan fingerprint density at radius 1 is 1.29 bits per heavy atom. The topological polar surface area (TPSA) is 52.8 Å². The van der Waals surface area contributed by atoms with Gasteiger partial charge in [0.2, 0.25) is 0 Å². The Morgan fingerprint density at radius 3 is 2.82 bits per heavy atom. The number of aromatic nitrogens is 2. The van der Waals surface area contributed by atoms with Crippen molar-refractivity contribution in [1.29, 1.82) is 5.26 Å². The third-order valence-corrected chi connectivity index (χ3v) is 2.45. The number of pyridine rings is 2. The molecule has 0 aliphatic rings. The van der Waals surface area contributed by atoms with E-state index in [1.165, 1.54) is 0 Å². The second-order valence-electron chi connectivity index (χ2n) is 3.70. The molecule has 4 heteroatoms. The lowest BCUT2D eigenvalue weighted by molar-refractivity contribution is 0.907. The Kier molecular flexibility index (Phi) is 3.31. The van der Waals surface area contributed by atoms with Crippen LogP contribution in [0.1, 0.15) is 11.3 Å². The van der Waals surface area contributed by atoms with Crippen LogP contribution in [0, 0.1) is 11.3 Å².